The van der Waals surface area contributed by atoms with Crippen LogP contribution >= 0.6 is 11.3 Å². The number of furan rings is 1. The summed E-state index contributed by atoms with van der Waals surface area (Å²) in [5, 5.41) is 19.2. The third-order valence-corrected chi connectivity index (χ3v) is 4.93. The molecule has 0 amide bonds. The Labute approximate surface area is 120 Å². The van der Waals surface area contributed by atoms with Crippen LogP contribution in [0.1, 0.15) is 57.0 Å². The van der Waals surface area contributed by atoms with Crippen molar-refractivity contribution in [1.82, 2.24) is 0 Å². The Bertz CT molecular complexity index is 602. The van der Waals surface area contributed by atoms with Crippen molar-refractivity contribution in [2.45, 2.75) is 38.2 Å². The van der Waals surface area contributed by atoms with E-state index in [4.69, 9.17) is 9.52 Å². The summed E-state index contributed by atoms with van der Waals surface area (Å²) in [6, 6.07) is 4.94. The van der Waals surface area contributed by atoms with E-state index in [0.717, 1.165) is 17.7 Å². The van der Waals surface area contributed by atoms with Crippen molar-refractivity contribution in [1.29, 1.82) is 0 Å². The van der Waals surface area contributed by atoms with Gasteiger partial charge >= 0.3 is 5.97 Å². The zero-order valence-corrected chi connectivity index (χ0v) is 11.8. The molecule has 0 saturated heterocycles. The minimum absolute atomic E-state index is 0.142. The van der Waals surface area contributed by atoms with Crippen LogP contribution < -0.4 is 0 Å². The van der Waals surface area contributed by atoms with Crippen molar-refractivity contribution in [2.24, 2.45) is 0 Å². The molecule has 4 nitrogen and oxygen atoms in total. The highest BCUT2D eigenvalue weighted by Gasteiger charge is 2.21. The fraction of sp³-hybridized carbons (Fsp3) is 0.400. The highest BCUT2D eigenvalue weighted by atomic mass is 32.1. The van der Waals surface area contributed by atoms with Gasteiger partial charge in [0.2, 0.25) is 5.76 Å². The second-order valence-electron chi connectivity index (χ2n) is 5.07. The lowest BCUT2D eigenvalue weighted by molar-refractivity contribution is 0.0655. The molecule has 0 radical (unpaired) electrons. The molecule has 20 heavy (non-hydrogen) atoms. The van der Waals surface area contributed by atoms with E-state index in [0.29, 0.717) is 5.76 Å². The molecule has 0 bridgehead atoms. The number of fused-ring (bicyclic) bond motifs is 1. The van der Waals surface area contributed by atoms with Gasteiger partial charge in [-0.05, 0) is 49.4 Å². The summed E-state index contributed by atoms with van der Waals surface area (Å²) in [5.41, 5.74) is 1.33. The number of aromatic carboxylic acids is 1. The van der Waals surface area contributed by atoms with Gasteiger partial charge in [-0.2, -0.15) is 0 Å². The SMILES string of the molecule is O=C(O)c1ccc(C(O)c2cc3c(s2)CCCCC3)o1. The number of aliphatic hydroxyl groups is 1. The number of aryl methyl sites for hydroxylation is 2. The maximum atomic E-state index is 10.8. The first-order valence-corrected chi connectivity index (χ1v) is 7.59. The molecule has 1 atom stereocenters. The molecule has 0 fully saturated rings. The topological polar surface area (TPSA) is 70.7 Å². The molecule has 106 valence electrons. The Morgan fingerprint density at radius 2 is 2.05 bits per heavy atom. The van der Waals surface area contributed by atoms with Crippen molar-refractivity contribution in [3.63, 3.8) is 0 Å². The highest BCUT2D eigenvalue weighted by molar-refractivity contribution is 7.12. The van der Waals surface area contributed by atoms with Crippen LogP contribution in [0.25, 0.3) is 0 Å². The molecule has 2 N–H and O–H groups in total. The summed E-state index contributed by atoms with van der Waals surface area (Å²) in [4.78, 5) is 13.0. The van der Waals surface area contributed by atoms with E-state index in [-0.39, 0.29) is 5.76 Å². The Kier molecular flexibility index (Phi) is 3.63. The van der Waals surface area contributed by atoms with E-state index >= 15 is 0 Å². The normalized spacial score (nSPS) is 16.4. The van der Waals surface area contributed by atoms with Crippen molar-refractivity contribution in [3.8, 4) is 0 Å². The van der Waals surface area contributed by atoms with Gasteiger partial charge < -0.3 is 14.6 Å². The van der Waals surface area contributed by atoms with Crippen LogP contribution in [-0.4, -0.2) is 16.2 Å². The van der Waals surface area contributed by atoms with E-state index < -0.39 is 12.1 Å². The van der Waals surface area contributed by atoms with Gasteiger partial charge in [-0.25, -0.2) is 4.79 Å². The van der Waals surface area contributed by atoms with Crippen molar-refractivity contribution < 1.29 is 19.4 Å². The monoisotopic (exact) mass is 292 g/mol. The smallest absolute Gasteiger partial charge is 0.371 e. The third kappa shape index (κ3) is 2.51. The number of rotatable bonds is 3. The number of carboxylic acid groups (broad SMARTS) is 1. The van der Waals surface area contributed by atoms with Crippen LogP contribution in [0.4, 0.5) is 0 Å². The Morgan fingerprint density at radius 1 is 1.25 bits per heavy atom. The lowest BCUT2D eigenvalue weighted by Crippen LogP contribution is -1.96. The zero-order valence-electron chi connectivity index (χ0n) is 11.0. The van der Waals surface area contributed by atoms with Gasteiger partial charge in [0.25, 0.3) is 0 Å². The predicted octanol–water partition coefficient (Wildman–Crippen LogP) is 3.39. The average molecular weight is 292 g/mol. The van der Waals surface area contributed by atoms with Crippen molar-refractivity contribution >= 4 is 17.3 Å². The summed E-state index contributed by atoms with van der Waals surface area (Å²) in [6.45, 7) is 0. The molecule has 1 aliphatic carbocycles. The van der Waals surface area contributed by atoms with Gasteiger partial charge in [-0.15, -0.1) is 11.3 Å². The van der Waals surface area contributed by atoms with Crippen molar-refractivity contribution in [3.05, 3.63) is 45.0 Å². The van der Waals surface area contributed by atoms with Gasteiger partial charge in [-0.1, -0.05) is 6.42 Å². The molecule has 0 saturated carbocycles. The molecular weight excluding hydrogens is 276 g/mol. The summed E-state index contributed by atoms with van der Waals surface area (Å²) >= 11 is 1.61. The molecule has 2 aromatic heterocycles. The van der Waals surface area contributed by atoms with Crippen LogP contribution in [0, 0.1) is 0 Å². The van der Waals surface area contributed by atoms with Gasteiger partial charge in [0.05, 0.1) is 0 Å². The van der Waals surface area contributed by atoms with Gasteiger partial charge in [0.15, 0.2) is 0 Å². The molecule has 1 aliphatic rings. The van der Waals surface area contributed by atoms with Gasteiger partial charge in [0, 0.05) is 9.75 Å². The minimum Gasteiger partial charge on any atom is -0.475 e. The standard InChI is InChI=1S/C15H16O4S/c16-14(10-6-7-11(19-10)15(17)18)13-8-9-4-2-1-3-5-12(9)20-13/h6-8,14,16H,1-5H2,(H,17,18). The van der Waals surface area contributed by atoms with Crippen LogP contribution in [0.15, 0.2) is 22.6 Å². The number of carbonyl (C=O) groups is 1. The lowest BCUT2D eigenvalue weighted by atomic mass is 10.1. The second-order valence-corrected chi connectivity index (χ2v) is 6.24. The number of aliphatic hydroxyl groups excluding tert-OH is 1. The minimum atomic E-state index is -1.12. The number of carboxylic acids is 1. The van der Waals surface area contributed by atoms with Crippen LogP contribution in [-0.2, 0) is 12.8 Å². The first kappa shape index (κ1) is 13.4. The van der Waals surface area contributed by atoms with Crippen molar-refractivity contribution in [2.75, 3.05) is 0 Å². The molecule has 0 aromatic carbocycles. The summed E-state index contributed by atoms with van der Waals surface area (Å²) in [6.07, 6.45) is 4.93. The highest BCUT2D eigenvalue weighted by Crippen LogP contribution is 2.35. The fourth-order valence-electron chi connectivity index (χ4n) is 2.58. The molecule has 2 heterocycles. The fourth-order valence-corrected chi connectivity index (χ4v) is 3.83. The molecule has 0 aliphatic heterocycles. The Balaban J connectivity index is 1.86. The Morgan fingerprint density at radius 3 is 2.80 bits per heavy atom. The maximum absolute atomic E-state index is 10.8. The van der Waals surface area contributed by atoms with E-state index in [1.807, 2.05) is 6.07 Å². The Hall–Kier alpha value is -1.59. The molecule has 0 spiro atoms. The number of thiophene rings is 1. The predicted molar refractivity (Wildman–Crippen MR) is 75.3 cm³/mol. The van der Waals surface area contributed by atoms with Gasteiger partial charge in [-0.3, -0.25) is 0 Å². The quantitative estimate of drug-likeness (QED) is 0.851. The summed E-state index contributed by atoms with van der Waals surface area (Å²) < 4.78 is 5.18. The van der Waals surface area contributed by atoms with E-state index in [2.05, 4.69) is 0 Å². The van der Waals surface area contributed by atoms with Gasteiger partial charge in [0.1, 0.15) is 11.9 Å². The molecule has 1 unspecified atom stereocenters. The average Bonchev–Trinajstić information content (AvgIpc) is 3.01. The number of hydrogen-bond donors (Lipinski definition) is 2. The van der Waals surface area contributed by atoms with E-state index in [9.17, 15) is 9.90 Å². The molecular formula is C15H16O4S. The molecule has 2 aromatic rings. The van der Waals surface area contributed by atoms with Crippen LogP contribution in [0.5, 0.6) is 0 Å². The van der Waals surface area contributed by atoms with E-state index in [1.54, 1.807) is 11.3 Å². The third-order valence-electron chi connectivity index (χ3n) is 3.64. The largest absolute Gasteiger partial charge is 0.475 e. The molecule has 5 heteroatoms. The first-order valence-electron chi connectivity index (χ1n) is 6.77. The first-order chi connectivity index (χ1) is 9.65. The van der Waals surface area contributed by atoms with Crippen LogP contribution in [0.2, 0.25) is 0 Å². The molecule has 3 rings (SSSR count). The maximum Gasteiger partial charge on any atom is 0.371 e. The van der Waals surface area contributed by atoms with Crippen LogP contribution in [0.3, 0.4) is 0 Å². The second kappa shape index (κ2) is 5.42. The summed E-state index contributed by atoms with van der Waals surface area (Å²) in [7, 11) is 0. The number of hydrogen-bond acceptors (Lipinski definition) is 4. The van der Waals surface area contributed by atoms with E-state index in [1.165, 1.54) is 41.8 Å². The zero-order chi connectivity index (χ0) is 14.1. The summed E-state index contributed by atoms with van der Waals surface area (Å²) in [5.74, 6) is -0.971. The lowest BCUT2D eigenvalue weighted by Gasteiger charge is -2.04.